The van der Waals surface area contributed by atoms with Gasteiger partial charge in [-0.2, -0.15) is 0 Å². The lowest BCUT2D eigenvalue weighted by atomic mass is 10.0. The monoisotopic (exact) mass is 259 g/mol. The molecule has 0 aliphatic heterocycles. The van der Waals surface area contributed by atoms with Gasteiger partial charge in [-0.3, -0.25) is 0 Å². The molecule has 0 aliphatic carbocycles. The van der Waals surface area contributed by atoms with Crippen LogP contribution in [0.3, 0.4) is 0 Å². The van der Waals surface area contributed by atoms with E-state index < -0.39 is 0 Å². The Labute approximate surface area is 112 Å². The van der Waals surface area contributed by atoms with Crippen LogP contribution in [0.4, 0.5) is 5.95 Å². The Balaban J connectivity index is 2.53. The number of rotatable bonds is 4. The Morgan fingerprint density at radius 2 is 1.74 bits per heavy atom. The first-order valence-electron chi connectivity index (χ1n) is 5.92. The lowest BCUT2D eigenvalue weighted by Gasteiger charge is -2.13. The summed E-state index contributed by atoms with van der Waals surface area (Å²) >= 11 is 0. The van der Waals surface area contributed by atoms with Crippen molar-refractivity contribution in [2.24, 2.45) is 0 Å². The minimum absolute atomic E-state index is 0.592. The van der Waals surface area contributed by atoms with Crippen molar-refractivity contribution in [3.05, 3.63) is 30.1 Å². The number of ether oxygens (including phenoxy) is 2. The Kier molecular flexibility index (Phi) is 3.85. The van der Waals surface area contributed by atoms with Crippen molar-refractivity contribution in [3.63, 3.8) is 0 Å². The number of nitrogens with zero attached hydrogens (tertiary/aromatic N) is 2. The van der Waals surface area contributed by atoms with Gasteiger partial charge >= 0.3 is 0 Å². The van der Waals surface area contributed by atoms with Gasteiger partial charge in [-0.25, -0.2) is 9.97 Å². The molecule has 2 aromatic rings. The zero-order valence-corrected chi connectivity index (χ0v) is 11.5. The highest BCUT2D eigenvalue weighted by Gasteiger charge is 2.12. The predicted octanol–water partition coefficient (Wildman–Crippen LogP) is 2.51. The molecule has 0 atom stereocenters. The van der Waals surface area contributed by atoms with Crippen LogP contribution in [-0.4, -0.2) is 31.2 Å². The third kappa shape index (κ3) is 2.59. The zero-order chi connectivity index (χ0) is 13.8. The molecule has 0 bridgehead atoms. The van der Waals surface area contributed by atoms with Crippen molar-refractivity contribution in [1.82, 2.24) is 9.97 Å². The van der Waals surface area contributed by atoms with Gasteiger partial charge in [-0.05, 0) is 18.6 Å². The summed E-state index contributed by atoms with van der Waals surface area (Å²) in [6.07, 6.45) is 3.55. The van der Waals surface area contributed by atoms with E-state index in [4.69, 9.17) is 9.47 Å². The van der Waals surface area contributed by atoms with Crippen LogP contribution in [0, 0.1) is 6.92 Å². The highest BCUT2D eigenvalue weighted by atomic mass is 16.5. The van der Waals surface area contributed by atoms with E-state index >= 15 is 0 Å². The number of anilines is 1. The summed E-state index contributed by atoms with van der Waals surface area (Å²) in [6, 6.07) is 3.82. The maximum Gasteiger partial charge on any atom is 0.222 e. The summed E-state index contributed by atoms with van der Waals surface area (Å²) < 4.78 is 10.7. The molecular weight excluding hydrogens is 242 g/mol. The fourth-order valence-corrected chi connectivity index (χ4v) is 1.96. The molecule has 0 spiro atoms. The molecule has 5 heteroatoms. The van der Waals surface area contributed by atoms with Gasteiger partial charge in [0.25, 0.3) is 0 Å². The Hall–Kier alpha value is -2.30. The third-order valence-electron chi connectivity index (χ3n) is 2.89. The number of nitrogens with one attached hydrogen (secondary N) is 1. The smallest absolute Gasteiger partial charge is 0.222 e. The highest BCUT2D eigenvalue weighted by Crippen LogP contribution is 2.36. The summed E-state index contributed by atoms with van der Waals surface area (Å²) in [7, 11) is 5.06. The Morgan fingerprint density at radius 3 is 2.26 bits per heavy atom. The average Bonchev–Trinajstić information content (AvgIpc) is 2.46. The molecular formula is C14H17N3O2. The van der Waals surface area contributed by atoms with E-state index in [1.165, 1.54) is 0 Å². The number of aryl methyl sites for hydroxylation is 1. The number of aromatic nitrogens is 2. The van der Waals surface area contributed by atoms with E-state index in [9.17, 15) is 0 Å². The number of methoxy groups -OCH3 is 2. The average molecular weight is 259 g/mol. The van der Waals surface area contributed by atoms with Gasteiger partial charge in [0.2, 0.25) is 5.95 Å². The van der Waals surface area contributed by atoms with E-state index in [2.05, 4.69) is 15.3 Å². The predicted molar refractivity (Wildman–Crippen MR) is 74.9 cm³/mol. The van der Waals surface area contributed by atoms with Crippen LogP contribution < -0.4 is 14.8 Å². The van der Waals surface area contributed by atoms with Gasteiger partial charge in [0.15, 0.2) is 0 Å². The van der Waals surface area contributed by atoms with Gasteiger partial charge < -0.3 is 14.8 Å². The molecule has 1 heterocycles. The second kappa shape index (κ2) is 5.56. The second-order valence-electron chi connectivity index (χ2n) is 4.07. The van der Waals surface area contributed by atoms with Gasteiger partial charge in [0.05, 0.1) is 14.2 Å². The fourth-order valence-electron chi connectivity index (χ4n) is 1.96. The van der Waals surface area contributed by atoms with E-state index in [1.807, 2.05) is 19.1 Å². The molecule has 1 aromatic heterocycles. The van der Waals surface area contributed by atoms with Crippen molar-refractivity contribution < 1.29 is 9.47 Å². The van der Waals surface area contributed by atoms with Crippen molar-refractivity contribution in [3.8, 4) is 22.6 Å². The van der Waals surface area contributed by atoms with E-state index in [-0.39, 0.29) is 0 Å². The Bertz CT molecular complexity index is 568. The Morgan fingerprint density at radius 1 is 1.05 bits per heavy atom. The number of hydrogen-bond acceptors (Lipinski definition) is 5. The van der Waals surface area contributed by atoms with Gasteiger partial charge in [0.1, 0.15) is 11.5 Å². The first-order chi connectivity index (χ1) is 9.19. The van der Waals surface area contributed by atoms with E-state index in [0.717, 1.165) is 28.2 Å². The SMILES string of the molecule is CNc1ncc(-c2c(C)cc(OC)cc2OC)cn1. The van der Waals surface area contributed by atoms with E-state index in [0.29, 0.717) is 5.95 Å². The fraction of sp³-hybridized carbons (Fsp3) is 0.286. The topological polar surface area (TPSA) is 56.3 Å². The van der Waals surface area contributed by atoms with E-state index in [1.54, 1.807) is 33.7 Å². The lowest BCUT2D eigenvalue weighted by Crippen LogP contribution is -1.98. The molecule has 0 aliphatic rings. The molecule has 1 N–H and O–H groups in total. The highest BCUT2D eigenvalue weighted by molar-refractivity contribution is 5.74. The van der Waals surface area contributed by atoms with Crippen LogP contribution in [0.15, 0.2) is 24.5 Å². The second-order valence-corrected chi connectivity index (χ2v) is 4.07. The normalized spacial score (nSPS) is 10.1. The van der Waals surface area contributed by atoms with Gasteiger partial charge in [-0.15, -0.1) is 0 Å². The van der Waals surface area contributed by atoms with Crippen LogP contribution in [0.25, 0.3) is 11.1 Å². The summed E-state index contributed by atoms with van der Waals surface area (Å²) in [5.41, 5.74) is 2.94. The number of hydrogen-bond donors (Lipinski definition) is 1. The zero-order valence-electron chi connectivity index (χ0n) is 11.5. The molecule has 0 fully saturated rings. The third-order valence-corrected chi connectivity index (χ3v) is 2.89. The summed E-state index contributed by atoms with van der Waals surface area (Å²) in [5.74, 6) is 2.11. The number of benzene rings is 1. The van der Waals surface area contributed by atoms with Crippen LogP contribution in [0.2, 0.25) is 0 Å². The molecule has 0 saturated heterocycles. The minimum Gasteiger partial charge on any atom is -0.497 e. The lowest BCUT2D eigenvalue weighted by molar-refractivity contribution is 0.395. The van der Waals surface area contributed by atoms with Crippen molar-refractivity contribution in [1.29, 1.82) is 0 Å². The summed E-state index contributed by atoms with van der Waals surface area (Å²) in [6.45, 7) is 2.01. The van der Waals surface area contributed by atoms with Crippen molar-refractivity contribution >= 4 is 5.95 Å². The molecule has 0 radical (unpaired) electrons. The molecule has 100 valence electrons. The molecule has 0 unspecified atom stereocenters. The quantitative estimate of drug-likeness (QED) is 0.914. The summed E-state index contributed by atoms with van der Waals surface area (Å²) in [4.78, 5) is 8.45. The van der Waals surface area contributed by atoms with Crippen LogP contribution in [0.5, 0.6) is 11.5 Å². The largest absolute Gasteiger partial charge is 0.497 e. The molecule has 0 saturated carbocycles. The summed E-state index contributed by atoms with van der Waals surface area (Å²) in [5, 5.41) is 2.89. The maximum absolute atomic E-state index is 5.43. The molecule has 1 aromatic carbocycles. The van der Waals surface area contributed by atoms with Crippen LogP contribution >= 0.6 is 0 Å². The van der Waals surface area contributed by atoms with Gasteiger partial charge in [-0.1, -0.05) is 0 Å². The van der Waals surface area contributed by atoms with Crippen molar-refractivity contribution in [2.75, 3.05) is 26.6 Å². The van der Waals surface area contributed by atoms with Gasteiger partial charge in [0, 0.05) is 36.6 Å². The molecule has 0 amide bonds. The molecule has 5 nitrogen and oxygen atoms in total. The van der Waals surface area contributed by atoms with Crippen LogP contribution in [-0.2, 0) is 0 Å². The standard InChI is InChI=1S/C14H17N3O2/c1-9-5-11(18-3)6-12(19-4)13(9)10-7-16-14(15-2)17-8-10/h5-8H,1-4H3,(H,15,16,17). The molecule has 19 heavy (non-hydrogen) atoms. The van der Waals surface area contributed by atoms with Crippen molar-refractivity contribution in [2.45, 2.75) is 6.92 Å². The minimum atomic E-state index is 0.592. The molecule has 2 rings (SSSR count). The maximum atomic E-state index is 5.43. The first kappa shape index (κ1) is 13.1. The first-order valence-corrected chi connectivity index (χ1v) is 5.92. The van der Waals surface area contributed by atoms with Crippen LogP contribution in [0.1, 0.15) is 5.56 Å².